The molecule has 0 amide bonds. The van der Waals surface area contributed by atoms with Gasteiger partial charge in [0.05, 0.1) is 4.32 Å². The smallest absolute Gasteiger partial charge is 0.302 e. The maximum absolute atomic E-state index is 13.6. The number of hydrogen-bond acceptors (Lipinski definition) is 4. The predicted octanol–water partition coefficient (Wildman–Crippen LogP) is 4.86. The van der Waals surface area contributed by atoms with E-state index in [1.54, 1.807) is 6.92 Å². The van der Waals surface area contributed by atoms with E-state index in [0.717, 1.165) is 44.9 Å². The van der Waals surface area contributed by atoms with Crippen molar-refractivity contribution in [1.29, 1.82) is 0 Å². The van der Waals surface area contributed by atoms with Crippen LogP contribution >= 0.6 is 15.9 Å². The Morgan fingerprint density at radius 1 is 1.07 bits per heavy atom. The van der Waals surface area contributed by atoms with Crippen LogP contribution in [0.2, 0.25) is 0 Å². The fourth-order valence-corrected chi connectivity index (χ4v) is 8.59. The SMILES string of the molecule is CC(=O)O[C@@H]1CCC2(C)C(CCC3C2C(=O)CC2(C)C3CC[C@]2(Br)C(C)=O)C1. The van der Waals surface area contributed by atoms with Crippen LogP contribution in [0.5, 0.6) is 0 Å². The summed E-state index contributed by atoms with van der Waals surface area (Å²) in [6.07, 6.45) is 7.27. The maximum Gasteiger partial charge on any atom is 0.302 e. The molecule has 4 aliphatic carbocycles. The van der Waals surface area contributed by atoms with E-state index in [1.807, 2.05) is 0 Å². The minimum absolute atomic E-state index is 0.00572. The van der Waals surface area contributed by atoms with Crippen molar-refractivity contribution in [2.45, 2.75) is 89.5 Å². The number of Topliss-reactive ketones (excluding diaryl/α,β-unsaturated/α-hetero) is 2. The molecule has 5 heteroatoms. The summed E-state index contributed by atoms with van der Waals surface area (Å²) in [4.78, 5) is 37.5. The Bertz CT molecular complexity index is 719. The maximum atomic E-state index is 13.6. The zero-order chi connectivity index (χ0) is 20.5. The van der Waals surface area contributed by atoms with Crippen LogP contribution < -0.4 is 0 Å². The Balaban J connectivity index is 1.63. The number of ether oxygens (including phenoxy) is 1. The Kier molecular flexibility index (Phi) is 4.88. The van der Waals surface area contributed by atoms with Gasteiger partial charge in [-0.1, -0.05) is 29.8 Å². The van der Waals surface area contributed by atoms with Gasteiger partial charge in [-0.15, -0.1) is 0 Å². The molecule has 28 heavy (non-hydrogen) atoms. The molecule has 6 unspecified atom stereocenters. The molecule has 0 bridgehead atoms. The standard InChI is InChI=1S/C23H33BrO4/c1-13(25)23(24)10-8-18-17-6-5-15-11-16(28-14(2)26)7-9-21(15,3)20(17)19(27)12-22(18,23)4/h15-18,20H,5-12H2,1-4H3/t15?,16-,17?,18?,20?,21?,22?,23+/m1/s1. The van der Waals surface area contributed by atoms with Gasteiger partial charge in [-0.25, -0.2) is 0 Å². The van der Waals surface area contributed by atoms with Crippen molar-refractivity contribution < 1.29 is 19.1 Å². The molecule has 4 saturated carbocycles. The molecule has 0 saturated heterocycles. The number of fused-ring (bicyclic) bond motifs is 5. The van der Waals surface area contributed by atoms with Gasteiger partial charge in [0, 0.05) is 19.3 Å². The van der Waals surface area contributed by atoms with E-state index in [9.17, 15) is 14.4 Å². The van der Waals surface area contributed by atoms with Gasteiger partial charge < -0.3 is 4.74 Å². The Morgan fingerprint density at radius 2 is 1.79 bits per heavy atom. The number of esters is 1. The Hall–Kier alpha value is -0.710. The van der Waals surface area contributed by atoms with Crippen LogP contribution in [0, 0.1) is 34.5 Å². The van der Waals surface area contributed by atoms with E-state index in [4.69, 9.17) is 4.74 Å². The van der Waals surface area contributed by atoms with Gasteiger partial charge in [0.15, 0.2) is 0 Å². The molecule has 0 N–H and O–H groups in total. The highest BCUT2D eigenvalue weighted by atomic mass is 79.9. The van der Waals surface area contributed by atoms with Crippen molar-refractivity contribution >= 4 is 33.5 Å². The number of rotatable bonds is 2. The molecule has 0 heterocycles. The van der Waals surface area contributed by atoms with Gasteiger partial charge in [0.25, 0.3) is 0 Å². The van der Waals surface area contributed by atoms with Crippen LogP contribution in [-0.2, 0) is 19.1 Å². The summed E-state index contributed by atoms with van der Waals surface area (Å²) >= 11 is 3.82. The number of carbonyl (C=O) groups excluding carboxylic acids is 3. The van der Waals surface area contributed by atoms with Gasteiger partial charge in [-0.2, -0.15) is 0 Å². The minimum Gasteiger partial charge on any atom is -0.463 e. The molecule has 4 fully saturated rings. The highest BCUT2D eigenvalue weighted by Gasteiger charge is 2.68. The molecule has 4 nitrogen and oxygen atoms in total. The van der Waals surface area contributed by atoms with Gasteiger partial charge in [0.1, 0.15) is 17.7 Å². The number of ketones is 2. The summed E-state index contributed by atoms with van der Waals surface area (Å²) in [5.74, 6) is 1.71. The first-order chi connectivity index (χ1) is 13.0. The first kappa shape index (κ1) is 20.6. The Labute approximate surface area is 176 Å². The lowest BCUT2D eigenvalue weighted by molar-refractivity contribution is -0.168. The number of hydrogen-bond donors (Lipinski definition) is 0. The molecular weight excluding hydrogens is 420 g/mol. The first-order valence-corrected chi connectivity index (χ1v) is 11.7. The lowest BCUT2D eigenvalue weighted by Gasteiger charge is -2.60. The zero-order valence-corrected chi connectivity index (χ0v) is 19.1. The minimum atomic E-state index is -0.546. The van der Waals surface area contributed by atoms with Crippen molar-refractivity contribution in [1.82, 2.24) is 0 Å². The van der Waals surface area contributed by atoms with Gasteiger partial charge in [-0.05, 0) is 80.5 Å². The normalized spacial score (nSPS) is 50.3. The highest BCUT2D eigenvalue weighted by molar-refractivity contribution is 9.10. The first-order valence-electron chi connectivity index (χ1n) is 10.9. The summed E-state index contributed by atoms with van der Waals surface area (Å²) < 4.78 is 4.97. The second-order valence-corrected chi connectivity index (χ2v) is 11.8. The van der Waals surface area contributed by atoms with Crippen LogP contribution in [0.3, 0.4) is 0 Å². The van der Waals surface area contributed by atoms with E-state index in [1.165, 1.54) is 6.92 Å². The van der Waals surface area contributed by atoms with Gasteiger partial charge in [0.2, 0.25) is 0 Å². The van der Waals surface area contributed by atoms with E-state index in [0.29, 0.717) is 30.0 Å². The van der Waals surface area contributed by atoms with E-state index in [2.05, 4.69) is 29.8 Å². The largest absolute Gasteiger partial charge is 0.463 e. The monoisotopic (exact) mass is 452 g/mol. The quantitative estimate of drug-likeness (QED) is 0.443. The van der Waals surface area contributed by atoms with Crippen LogP contribution in [0.25, 0.3) is 0 Å². The fraction of sp³-hybridized carbons (Fsp3) is 0.870. The molecule has 0 aromatic carbocycles. The zero-order valence-electron chi connectivity index (χ0n) is 17.6. The number of carbonyl (C=O) groups is 3. The summed E-state index contributed by atoms with van der Waals surface area (Å²) in [5.41, 5.74) is -0.263. The average molecular weight is 453 g/mol. The molecule has 8 atom stereocenters. The fourth-order valence-electron chi connectivity index (χ4n) is 7.93. The van der Waals surface area contributed by atoms with Crippen molar-refractivity contribution in [2.24, 2.45) is 34.5 Å². The molecule has 0 aliphatic heterocycles. The topological polar surface area (TPSA) is 60.4 Å². The highest BCUT2D eigenvalue weighted by Crippen LogP contribution is 2.69. The molecule has 0 spiro atoms. The average Bonchev–Trinajstić information content (AvgIpc) is 2.86. The summed E-state index contributed by atoms with van der Waals surface area (Å²) in [6, 6.07) is 0. The second-order valence-electron chi connectivity index (χ2n) is 10.5. The number of alkyl halides is 1. The third-order valence-electron chi connectivity index (χ3n) is 9.29. The Morgan fingerprint density at radius 3 is 2.43 bits per heavy atom. The van der Waals surface area contributed by atoms with Gasteiger partial charge in [-0.3, -0.25) is 14.4 Å². The lowest BCUT2D eigenvalue weighted by Crippen LogP contribution is -2.60. The molecular formula is C23H33BrO4. The van der Waals surface area contributed by atoms with Gasteiger partial charge >= 0.3 is 5.97 Å². The van der Waals surface area contributed by atoms with Crippen molar-refractivity contribution in [3.63, 3.8) is 0 Å². The second kappa shape index (κ2) is 6.65. The third-order valence-corrected chi connectivity index (χ3v) is 11.2. The molecule has 0 aromatic heterocycles. The lowest BCUT2D eigenvalue weighted by atomic mass is 9.44. The summed E-state index contributed by atoms with van der Waals surface area (Å²) in [5, 5.41) is 0. The summed E-state index contributed by atoms with van der Waals surface area (Å²) in [7, 11) is 0. The predicted molar refractivity (Wildman–Crippen MR) is 110 cm³/mol. The number of halogens is 1. The summed E-state index contributed by atoms with van der Waals surface area (Å²) in [6.45, 7) is 7.66. The van der Waals surface area contributed by atoms with Crippen molar-refractivity contribution in [2.75, 3.05) is 0 Å². The van der Waals surface area contributed by atoms with Crippen LogP contribution in [0.15, 0.2) is 0 Å². The van der Waals surface area contributed by atoms with Crippen LogP contribution in [0.4, 0.5) is 0 Å². The van der Waals surface area contributed by atoms with Crippen molar-refractivity contribution in [3.8, 4) is 0 Å². The van der Waals surface area contributed by atoms with Crippen molar-refractivity contribution in [3.05, 3.63) is 0 Å². The van der Waals surface area contributed by atoms with E-state index >= 15 is 0 Å². The van der Waals surface area contributed by atoms with Crippen LogP contribution in [-0.4, -0.2) is 28.0 Å². The molecule has 0 aromatic rings. The third kappa shape index (κ3) is 2.70. The molecule has 4 aliphatic rings. The molecule has 156 valence electrons. The molecule has 4 rings (SSSR count). The van der Waals surface area contributed by atoms with E-state index < -0.39 is 4.32 Å². The van der Waals surface area contributed by atoms with Crippen LogP contribution in [0.1, 0.15) is 79.1 Å². The molecule has 0 radical (unpaired) electrons. The van der Waals surface area contributed by atoms with E-state index in [-0.39, 0.29) is 34.6 Å².